The van der Waals surface area contributed by atoms with Crippen LogP contribution in [0.15, 0.2) is 36.7 Å². The van der Waals surface area contributed by atoms with Gasteiger partial charge in [0.15, 0.2) is 5.75 Å². The van der Waals surface area contributed by atoms with E-state index in [2.05, 4.69) is 4.98 Å². The van der Waals surface area contributed by atoms with Crippen molar-refractivity contribution in [2.75, 3.05) is 0 Å². The van der Waals surface area contributed by atoms with Gasteiger partial charge in [-0.25, -0.2) is 4.79 Å². The number of benzene rings is 1. The predicted octanol–water partition coefficient (Wildman–Crippen LogP) is 4.76. The molecule has 20 heavy (non-hydrogen) atoms. The maximum absolute atomic E-state index is 11.5. The van der Waals surface area contributed by atoms with Crippen LogP contribution < -0.4 is 4.74 Å². The van der Waals surface area contributed by atoms with E-state index in [1.165, 1.54) is 12.1 Å². The highest BCUT2D eigenvalue weighted by atomic mass is 35.5. The summed E-state index contributed by atoms with van der Waals surface area (Å²) >= 11 is 17.5. The van der Waals surface area contributed by atoms with Crippen LogP contribution in [0.2, 0.25) is 15.1 Å². The second-order valence-electron chi connectivity index (χ2n) is 3.70. The molecule has 0 aliphatic heterocycles. The van der Waals surface area contributed by atoms with Gasteiger partial charge in [0.05, 0.1) is 15.1 Å². The lowest BCUT2D eigenvalue weighted by Crippen LogP contribution is -2.10. The van der Waals surface area contributed by atoms with Gasteiger partial charge in [0.1, 0.15) is 6.61 Å². The summed E-state index contributed by atoms with van der Waals surface area (Å²) in [4.78, 5) is 15.4. The molecule has 1 aromatic heterocycles. The first-order valence-electron chi connectivity index (χ1n) is 5.44. The fourth-order valence-corrected chi connectivity index (χ4v) is 1.90. The molecule has 2 aromatic rings. The summed E-state index contributed by atoms with van der Waals surface area (Å²) in [6.45, 7) is 0.0472. The van der Waals surface area contributed by atoms with Gasteiger partial charge in [-0.05, 0) is 12.1 Å². The second-order valence-corrected chi connectivity index (χ2v) is 4.92. The molecule has 0 atom stereocenters. The first-order valence-corrected chi connectivity index (χ1v) is 6.57. The highest BCUT2D eigenvalue weighted by Crippen LogP contribution is 2.34. The number of carbonyl (C=O) groups is 1. The summed E-state index contributed by atoms with van der Waals surface area (Å²) in [5, 5.41) is 0.664. The van der Waals surface area contributed by atoms with E-state index in [0.717, 1.165) is 5.56 Å². The summed E-state index contributed by atoms with van der Waals surface area (Å²) in [6, 6.07) is 6.24. The van der Waals surface area contributed by atoms with E-state index in [4.69, 9.17) is 44.3 Å². The fraction of sp³-hybridized carbons (Fsp3) is 0.0769. The summed E-state index contributed by atoms with van der Waals surface area (Å²) < 4.78 is 9.87. The number of aromatic nitrogens is 1. The highest BCUT2D eigenvalue weighted by Gasteiger charge is 2.12. The largest absolute Gasteiger partial charge is 0.514 e. The molecule has 0 fully saturated rings. The van der Waals surface area contributed by atoms with Crippen molar-refractivity contribution < 1.29 is 14.3 Å². The Morgan fingerprint density at radius 2 is 1.90 bits per heavy atom. The van der Waals surface area contributed by atoms with Gasteiger partial charge < -0.3 is 9.47 Å². The molecule has 0 saturated carbocycles. The summed E-state index contributed by atoms with van der Waals surface area (Å²) in [5.74, 6) is 0.0808. The minimum absolute atomic E-state index is 0.0472. The van der Waals surface area contributed by atoms with Crippen molar-refractivity contribution in [3.63, 3.8) is 0 Å². The number of nitrogens with zero attached hydrogens (tertiary/aromatic N) is 1. The van der Waals surface area contributed by atoms with Gasteiger partial charge in [0.25, 0.3) is 0 Å². The molecule has 0 aliphatic carbocycles. The van der Waals surface area contributed by atoms with Crippen LogP contribution in [-0.4, -0.2) is 11.1 Å². The van der Waals surface area contributed by atoms with Crippen LogP contribution in [0.4, 0.5) is 4.79 Å². The first kappa shape index (κ1) is 14.9. The Labute approximate surface area is 130 Å². The van der Waals surface area contributed by atoms with E-state index >= 15 is 0 Å². The smallest absolute Gasteiger partial charge is 0.429 e. The molecule has 0 aliphatic rings. The minimum atomic E-state index is -0.894. The fourth-order valence-electron chi connectivity index (χ4n) is 1.33. The van der Waals surface area contributed by atoms with Crippen molar-refractivity contribution in [1.82, 2.24) is 4.98 Å². The summed E-state index contributed by atoms with van der Waals surface area (Å²) in [5.41, 5.74) is 0.740. The highest BCUT2D eigenvalue weighted by molar-refractivity contribution is 6.43. The summed E-state index contributed by atoms with van der Waals surface area (Å²) in [6.07, 6.45) is 2.31. The Hall–Kier alpha value is -1.49. The zero-order valence-electron chi connectivity index (χ0n) is 9.98. The predicted molar refractivity (Wildman–Crippen MR) is 76.5 cm³/mol. The molecule has 0 amide bonds. The molecule has 0 bridgehead atoms. The van der Waals surface area contributed by atoms with Crippen molar-refractivity contribution >= 4 is 41.0 Å². The average Bonchev–Trinajstić information content (AvgIpc) is 2.44. The Kier molecular flexibility index (Phi) is 5.06. The number of hydrogen-bond donors (Lipinski definition) is 0. The maximum atomic E-state index is 11.5. The lowest BCUT2D eigenvalue weighted by Gasteiger charge is -2.08. The second kappa shape index (κ2) is 6.79. The number of halogens is 3. The lowest BCUT2D eigenvalue weighted by molar-refractivity contribution is 0.0927. The lowest BCUT2D eigenvalue weighted by atomic mass is 10.3. The molecule has 104 valence electrons. The van der Waals surface area contributed by atoms with Crippen LogP contribution in [0, 0.1) is 0 Å². The molecule has 0 radical (unpaired) electrons. The monoisotopic (exact) mass is 331 g/mol. The van der Waals surface area contributed by atoms with Gasteiger partial charge in [-0.3, -0.25) is 4.98 Å². The zero-order chi connectivity index (χ0) is 14.5. The molecule has 0 N–H and O–H groups in total. The van der Waals surface area contributed by atoms with Crippen molar-refractivity contribution in [1.29, 1.82) is 0 Å². The van der Waals surface area contributed by atoms with Crippen LogP contribution in [0.3, 0.4) is 0 Å². The van der Waals surface area contributed by atoms with E-state index < -0.39 is 6.16 Å². The third-order valence-electron chi connectivity index (χ3n) is 2.25. The van der Waals surface area contributed by atoms with Crippen LogP contribution in [0.25, 0.3) is 0 Å². The number of ether oxygens (including phenoxy) is 2. The zero-order valence-corrected chi connectivity index (χ0v) is 12.2. The number of pyridine rings is 1. The maximum Gasteiger partial charge on any atom is 0.514 e. The van der Waals surface area contributed by atoms with Crippen LogP contribution >= 0.6 is 34.8 Å². The molecule has 0 unspecified atom stereocenters. The Morgan fingerprint density at radius 1 is 1.15 bits per heavy atom. The molecular formula is C13H8Cl3NO3. The van der Waals surface area contributed by atoms with Gasteiger partial charge in [-0.2, -0.15) is 0 Å². The van der Waals surface area contributed by atoms with Crippen molar-refractivity contribution in [3.8, 4) is 5.75 Å². The molecule has 1 heterocycles. The standard InChI is InChI=1S/C13H8Cl3NO3/c14-9-4-11(16)12(5-10(9)15)20-13(18)19-7-8-2-1-3-17-6-8/h1-6H,7H2. The molecular weight excluding hydrogens is 325 g/mol. The average molecular weight is 333 g/mol. The Morgan fingerprint density at radius 3 is 2.60 bits per heavy atom. The van der Waals surface area contributed by atoms with Crippen molar-refractivity contribution in [2.45, 2.75) is 6.61 Å². The van der Waals surface area contributed by atoms with E-state index in [0.29, 0.717) is 0 Å². The number of hydrogen-bond acceptors (Lipinski definition) is 4. The number of carbonyl (C=O) groups excluding carboxylic acids is 1. The van der Waals surface area contributed by atoms with Crippen LogP contribution in [0.1, 0.15) is 5.56 Å². The number of rotatable bonds is 3. The topological polar surface area (TPSA) is 48.4 Å². The molecule has 4 nitrogen and oxygen atoms in total. The Balaban J connectivity index is 1.97. The third-order valence-corrected chi connectivity index (χ3v) is 3.27. The summed E-state index contributed by atoms with van der Waals surface area (Å²) in [7, 11) is 0. The first-order chi connectivity index (χ1) is 9.56. The van der Waals surface area contributed by atoms with Gasteiger partial charge in [0, 0.05) is 24.0 Å². The molecule has 0 spiro atoms. The normalized spacial score (nSPS) is 10.2. The quantitative estimate of drug-likeness (QED) is 0.462. The van der Waals surface area contributed by atoms with E-state index in [9.17, 15) is 4.79 Å². The molecule has 1 aromatic carbocycles. The van der Waals surface area contributed by atoms with E-state index in [-0.39, 0.29) is 27.4 Å². The third kappa shape index (κ3) is 4.00. The Bertz CT molecular complexity index is 620. The van der Waals surface area contributed by atoms with Crippen LogP contribution in [-0.2, 0) is 11.3 Å². The molecule has 2 rings (SSSR count). The van der Waals surface area contributed by atoms with Crippen molar-refractivity contribution in [3.05, 3.63) is 57.3 Å². The minimum Gasteiger partial charge on any atom is -0.429 e. The molecule has 0 saturated heterocycles. The SMILES string of the molecule is O=C(OCc1cccnc1)Oc1cc(Cl)c(Cl)cc1Cl. The van der Waals surface area contributed by atoms with Gasteiger partial charge in [0.2, 0.25) is 0 Å². The van der Waals surface area contributed by atoms with E-state index in [1.54, 1.807) is 24.5 Å². The van der Waals surface area contributed by atoms with Crippen LogP contribution in [0.5, 0.6) is 5.75 Å². The van der Waals surface area contributed by atoms with Crippen molar-refractivity contribution in [2.24, 2.45) is 0 Å². The van der Waals surface area contributed by atoms with Gasteiger partial charge in [-0.1, -0.05) is 40.9 Å². The van der Waals surface area contributed by atoms with Gasteiger partial charge >= 0.3 is 6.16 Å². The molecule has 7 heteroatoms. The van der Waals surface area contributed by atoms with Gasteiger partial charge in [-0.15, -0.1) is 0 Å². The van der Waals surface area contributed by atoms with E-state index in [1.807, 2.05) is 0 Å².